The van der Waals surface area contributed by atoms with Gasteiger partial charge in [-0.25, -0.2) is 9.07 Å². The van der Waals surface area contributed by atoms with Gasteiger partial charge in [-0.2, -0.15) is 18.3 Å². The van der Waals surface area contributed by atoms with Crippen LogP contribution in [0.2, 0.25) is 0 Å². The summed E-state index contributed by atoms with van der Waals surface area (Å²) in [6.45, 7) is 1.46. The van der Waals surface area contributed by atoms with Crippen LogP contribution in [0.15, 0.2) is 30.5 Å². The normalized spacial score (nSPS) is 13.6. The molecule has 0 saturated carbocycles. The van der Waals surface area contributed by atoms with Gasteiger partial charge in [0.2, 0.25) is 0 Å². The lowest BCUT2D eigenvalue weighted by Crippen LogP contribution is -2.08. The van der Waals surface area contributed by atoms with Crippen molar-refractivity contribution in [3.63, 3.8) is 0 Å². The van der Waals surface area contributed by atoms with Crippen LogP contribution in [0.3, 0.4) is 0 Å². The number of hydrogen-bond acceptors (Lipinski definition) is 2. The smallest absolute Gasteiger partial charge is 0.389 e. The van der Waals surface area contributed by atoms with E-state index in [9.17, 15) is 22.7 Å². The van der Waals surface area contributed by atoms with Gasteiger partial charge in [0.15, 0.2) is 5.69 Å². The van der Waals surface area contributed by atoms with Crippen LogP contribution in [0.25, 0.3) is 5.69 Å². The van der Waals surface area contributed by atoms with Gasteiger partial charge in [-0.1, -0.05) is 6.07 Å². The monoisotopic (exact) mass is 274 g/mol. The predicted octanol–water partition coefficient (Wildman–Crippen LogP) is 3.08. The third-order valence-corrected chi connectivity index (χ3v) is 2.58. The number of alkyl halides is 3. The molecule has 19 heavy (non-hydrogen) atoms. The molecule has 0 amide bonds. The van der Waals surface area contributed by atoms with Gasteiger partial charge in [-0.05, 0) is 30.7 Å². The Morgan fingerprint density at radius 1 is 1.26 bits per heavy atom. The SMILES string of the molecule is C[C@@H](O)c1ccc(-n2ccc(C(F)(F)F)n2)c(F)c1. The van der Waals surface area contributed by atoms with Gasteiger partial charge in [-0.3, -0.25) is 0 Å². The highest BCUT2D eigenvalue weighted by Gasteiger charge is 2.33. The van der Waals surface area contributed by atoms with Crippen LogP contribution in [0.4, 0.5) is 17.6 Å². The maximum absolute atomic E-state index is 13.7. The van der Waals surface area contributed by atoms with E-state index in [0.717, 1.165) is 23.0 Å². The lowest BCUT2D eigenvalue weighted by Gasteiger charge is -2.08. The number of aliphatic hydroxyl groups excluding tert-OH is 1. The zero-order chi connectivity index (χ0) is 14.2. The van der Waals surface area contributed by atoms with Crippen LogP contribution in [0.1, 0.15) is 24.3 Å². The topological polar surface area (TPSA) is 38.0 Å². The first-order valence-electron chi connectivity index (χ1n) is 5.40. The molecule has 1 atom stereocenters. The molecule has 3 nitrogen and oxygen atoms in total. The van der Waals surface area contributed by atoms with Crippen molar-refractivity contribution in [2.24, 2.45) is 0 Å². The Morgan fingerprint density at radius 2 is 1.95 bits per heavy atom. The second-order valence-electron chi connectivity index (χ2n) is 4.03. The first-order chi connectivity index (χ1) is 8.79. The van der Waals surface area contributed by atoms with E-state index in [0.29, 0.717) is 5.56 Å². The van der Waals surface area contributed by atoms with E-state index in [1.165, 1.54) is 19.1 Å². The number of aromatic nitrogens is 2. The van der Waals surface area contributed by atoms with E-state index in [-0.39, 0.29) is 5.69 Å². The van der Waals surface area contributed by atoms with Crippen LogP contribution in [0.5, 0.6) is 0 Å². The van der Waals surface area contributed by atoms with Crippen LogP contribution < -0.4 is 0 Å². The highest BCUT2D eigenvalue weighted by atomic mass is 19.4. The molecule has 0 aliphatic heterocycles. The van der Waals surface area contributed by atoms with Crippen molar-refractivity contribution >= 4 is 0 Å². The summed E-state index contributed by atoms with van der Waals surface area (Å²) in [7, 11) is 0. The third kappa shape index (κ3) is 2.76. The van der Waals surface area contributed by atoms with Crippen molar-refractivity contribution in [1.29, 1.82) is 0 Å². The summed E-state index contributed by atoms with van der Waals surface area (Å²) in [5.41, 5.74) is -0.865. The molecule has 1 N–H and O–H groups in total. The van der Waals surface area contributed by atoms with Gasteiger partial charge < -0.3 is 5.11 Å². The first kappa shape index (κ1) is 13.5. The molecule has 0 saturated heterocycles. The number of halogens is 4. The summed E-state index contributed by atoms with van der Waals surface area (Å²) < 4.78 is 51.7. The van der Waals surface area contributed by atoms with E-state index in [2.05, 4.69) is 5.10 Å². The number of nitrogens with zero attached hydrogens (tertiary/aromatic N) is 2. The molecule has 1 aromatic carbocycles. The highest BCUT2D eigenvalue weighted by Crippen LogP contribution is 2.28. The number of hydrogen-bond donors (Lipinski definition) is 1. The average molecular weight is 274 g/mol. The molecule has 0 bridgehead atoms. The second kappa shape index (κ2) is 4.65. The molecule has 1 heterocycles. The molecule has 102 valence electrons. The zero-order valence-electron chi connectivity index (χ0n) is 9.82. The standard InChI is InChI=1S/C12H10F4N2O/c1-7(19)8-2-3-10(9(13)6-8)18-5-4-11(17-18)12(14,15)16/h2-7,19H,1H3/t7-/m1/s1. The average Bonchev–Trinajstić information content (AvgIpc) is 2.77. The van der Waals surface area contributed by atoms with E-state index in [1.807, 2.05) is 0 Å². The van der Waals surface area contributed by atoms with E-state index in [1.54, 1.807) is 0 Å². The Hall–Kier alpha value is -1.89. The Bertz CT molecular complexity index is 590. The Balaban J connectivity index is 2.40. The minimum atomic E-state index is -4.57. The summed E-state index contributed by atoms with van der Waals surface area (Å²) in [5, 5.41) is 12.6. The molecule has 0 fully saturated rings. The zero-order valence-corrected chi connectivity index (χ0v) is 9.82. The number of benzene rings is 1. The van der Waals surface area contributed by atoms with E-state index < -0.39 is 23.8 Å². The van der Waals surface area contributed by atoms with Crippen molar-refractivity contribution in [3.05, 3.63) is 47.5 Å². The summed E-state index contributed by atoms with van der Waals surface area (Å²) in [6.07, 6.45) is -4.39. The Morgan fingerprint density at radius 3 is 2.42 bits per heavy atom. The molecule has 2 rings (SSSR count). The van der Waals surface area contributed by atoms with Crippen LogP contribution in [-0.4, -0.2) is 14.9 Å². The summed E-state index contributed by atoms with van der Waals surface area (Å²) in [4.78, 5) is 0. The van der Waals surface area contributed by atoms with Crippen molar-refractivity contribution in [3.8, 4) is 5.69 Å². The largest absolute Gasteiger partial charge is 0.435 e. The van der Waals surface area contributed by atoms with E-state index >= 15 is 0 Å². The van der Waals surface area contributed by atoms with Gasteiger partial charge in [0.1, 0.15) is 11.5 Å². The fourth-order valence-corrected chi connectivity index (χ4v) is 1.58. The summed E-state index contributed by atoms with van der Waals surface area (Å²) in [6, 6.07) is 4.53. The molecule has 0 unspecified atom stereocenters. The maximum Gasteiger partial charge on any atom is 0.435 e. The third-order valence-electron chi connectivity index (χ3n) is 2.58. The number of aliphatic hydroxyl groups is 1. The van der Waals surface area contributed by atoms with Crippen molar-refractivity contribution < 1.29 is 22.7 Å². The minimum Gasteiger partial charge on any atom is -0.389 e. The lowest BCUT2D eigenvalue weighted by molar-refractivity contribution is -0.141. The van der Waals surface area contributed by atoms with Crippen molar-refractivity contribution in [2.45, 2.75) is 19.2 Å². The fourth-order valence-electron chi connectivity index (χ4n) is 1.58. The van der Waals surface area contributed by atoms with E-state index in [4.69, 9.17) is 0 Å². The molecular weight excluding hydrogens is 264 g/mol. The van der Waals surface area contributed by atoms with Gasteiger partial charge in [-0.15, -0.1) is 0 Å². The Kier molecular flexibility index (Phi) is 3.32. The first-order valence-corrected chi connectivity index (χ1v) is 5.40. The molecule has 0 radical (unpaired) electrons. The van der Waals surface area contributed by atoms with Gasteiger partial charge in [0.25, 0.3) is 0 Å². The quantitative estimate of drug-likeness (QED) is 0.855. The summed E-state index contributed by atoms with van der Waals surface area (Å²) in [5.74, 6) is -0.754. The molecule has 0 aliphatic rings. The van der Waals surface area contributed by atoms with Gasteiger partial charge in [0, 0.05) is 6.20 Å². The van der Waals surface area contributed by atoms with Crippen LogP contribution in [-0.2, 0) is 6.18 Å². The molecular formula is C12H10F4N2O. The second-order valence-corrected chi connectivity index (χ2v) is 4.03. The molecule has 2 aromatic rings. The van der Waals surface area contributed by atoms with Crippen LogP contribution >= 0.6 is 0 Å². The van der Waals surface area contributed by atoms with Gasteiger partial charge >= 0.3 is 6.18 Å². The number of rotatable bonds is 2. The summed E-state index contributed by atoms with van der Waals surface area (Å²) >= 11 is 0. The van der Waals surface area contributed by atoms with Crippen molar-refractivity contribution in [2.75, 3.05) is 0 Å². The van der Waals surface area contributed by atoms with Gasteiger partial charge in [0.05, 0.1) is 6.10 Å². The minimum absolute atomic E-state index is 0.111. The maximum atomic E-state index is 13.7. The van der Waals surface area contributed by atoms with Crippen LogP contribution in [0, 0.1) is 5.82 Å². The molecule has 1 aromatic heterocycles. The predicted molar refractivity (Wildman–Crippen MR) is 59.2 cm³/mol. The molecule has 0 aliphatic carbocycles. The molecule has 0 spiro atoms. The fraction of sp³-hybridized carbons (Fsp3) is 0.250. The lowest BCUT2D eigenvalue weighted by atomic mass is 10.1. The van der Waals surface area contributed by atoms with Crippen molar-refractivity contribution in [1.82, 2.24) is 9.78 Å². The molecule has 7 heteroatoms. The Labute approximate surface area is 106 Å². The highest BCUT2D eigenvalue weighted by molar-refractivity contribution is 5.36.